The smallest absolute Gasteiger partial charge is 0.0589 e. The van der Waals surface area contributed by atoms with E-state index in [9.17, 15) is 0 Å². The third-order valence-electron chi connectivity index (χ3n) is 3.32. The minimum atomic E-state index is 0.733. The monoisotopic (exact) mass is 200 g/mol. The van der Waals surface area contributed by atoms with Crippen LogP contribution in [0, 0.1) is 0 Å². The molecule has 1 N–H and O–H groups in total. The van der Waals surface area contributed by atoms with Gasteiger partial charge in [-0.3, -0.25) is 4.90 Å². The van der Waals surface area contributed by atoms with Crippen LogP contribution in [0.4, 0.5) is 0 Å². The van der Waals surface area contributed by atoms with Crippen LogP contribution in [0.15, 0.2) is 0 Å². The lowest BCUT2D eigenvalue weighted by Gasteiger charge is -2.27. The Morgan fingerprint density at radius 3 is 2.71 bits per heavy atom. The third-order valence-corrected chi connectivity index (χ3v) is 3.32. The molecular weight excluding hydrogens is 176 g/mol. The summed E-state index contributed by atoms with van der Waals surface area (Å²) in [4.78, 5) is 2.54. The number of likely N-dealkylation sites (N-methyl/N-ethyl adjacent to an activating group) is 1. The average molecular weight is 200 g/mol. The molecule has 1 saturated carbocycles. The van der Waals surface area contributed by atoms with Crippen LogP contribution >= 0.6 is 0 Å². The molecule has 84 valence electrons. The maximum Gasteiger partial charge on any atom is 0.0589 e. The molecule has 0 bridgehead atoms. The summed E-state index contributed by atoms with van der Waals surface area (Å²) in [5.41, 5.74) is 0. The van der Waals surface area contributed by atoms with Gasteiger partial charge in [0, 0.05) is 25.7 Å². The predicted molar refractivity (Wildman–Crippen MR) is 59.6 cm³/mol. The van der Waals surface area contributed by atoms with Crippen LogP contribution in [0.5, 0.6) is 0 Å². The standard InChI is InChI=1S/C11H24N2O/c1-4-13(7-8-14-3)11-6-5-10(9-11)12-2/h10-12H,4-9H2,1-3H3. The first kappa shape index (κ1) is 12.0. The molecule has 0 aromatic carbocycles. The van der Waals surface area contributed by atoms with Gasteiger partial charge in [-0.15, -0.1) is 0 Å². The van der Waals surface area contributed by atoms with Gasteiger partial charge in [0.25, 0.3) is 0 Å². The number of ether oxygens (including phenoxy) is 1. The second kappa shape index (κ2) is 6.38. The quantitative estimate of drug-likeness (QED) is 0.695. The van der Waals surface area contributed by atoms with Crippen molar-refractivity contribution in [2.45, 2.75) is 38.3 Å². The molecule has 3 nitrogen and oxygen atoms in total. The summed E-state index contributed by atoms with van der Waals surface area (Å²) in [5, 5.41) is 3.37. The number of hydrogen-bond acceptors (Lipinski definition) is 3. The minimum Gasteiger partial charge on any atom is -0.383 e. The van der Waals surface area contributed by atoms with E-state index in [2.05, 4.69) is 24.2 Å². The molecule has 14 heavy (non-hydrogen) atoms. The van der Waals surface area contributed by atoms with Gasteiger partial charge in [-0.25, -0.2) is 0 Å². The van der Waals surface area contributed by atoms with Gasteiger partial charge in [0.1, 0.15) is 0 Å². The minimum absolute atomic E-state index is 0.733. The van der Waals surface area contributed by atoms with E-state index in [1.54, 1.807) is 7.11 Å². The lowest BCUT2D eigenvalue weighted by atomic mass is 10.2. The molecule has 2 unspecified atom stereocenters. The van der Waals surface area contributed by atoms with Crippen molar-refractivity contribution in [3.8, 4) is 0 Å². The first-order chi connectivity index (χ1) is 6.81. The van der Waals surface area contributed by atoms with Crippen LogP contribution < -0.4 is 5.32 Å². The number of hydrogen-bond donors (Lipinski definition) is 1. The maximum atomic E-state index is 5.13. The Bertz CT molecular complexity index is 152. The molecule has 0 saturated heterocycles. The molecule has 1 aliphatic carbocycles. The zero-order valence-corrected chi connectivity index (χ0v) is 9.75. The molecule has 0 aliphatic heterocycles. The van der Waals surface area contributed by atoms with E-state index in [-0.39, 0.29) is 0 Å². The van der Waals surface area contributed by atoms with Crippen molar-refractivity contribution in [3.05, 3.63) is 0 Å². The van der Waals surface area contributed by atoms with E-state index in [1.807, 2.05) is 0 Å². The number of rotatable bonds is 6. The zero-order chi connectivity index (χ0) is 10.4. The molecule has 0 spiro atoms. The normalized spacial score (nSPS) is 27.4. The summed E-state index contributed by atoms with van der Waals surface area (Å²) >= 11 is 0. The molecule has 0 radical (unpaired) electrons. The average Bonchev–Trinajstić information content (AvgIpc) is 2.68. The van der Waals surface area contributed by atoms with E-state index in [1.165, 1.54) is 19.3 Å². The molecule has 0 heterocycles. The molecule has 3 heteroatoms. The van der Waals surface area contributed by atoms with Gasteiger partial charge in [0.05, 0.1) is 6.61 Å². The lowest BCUT2D eigenvalue weighted by molar-refractivity contribution is 0.124. The van der Waals surface area contributed by atoms with E-state index < -0.39 is 0 Å². The molecule has 0 aromatic heterocycles. The van der Waals surface area contributed by atoms with Crippen molar-refractivity contribution in [3.63, 3.8) is 0 Å². The number of methoxy groups -OCH3 is 1. The Morgan fingerprint density at radius 1 is 1.43 bits per heavy atom. The topological polar surface area (TPSA) is 24.5 Å². The molecule has 1 aliphatic rings. The van der Waals surface area contributed by atoms with Crippen molar-refractivity contribution >= 4 is 0 Å². The molecule has 2 atom stereocenters. The van der Waals surface area contributed by atoms with Crippen molar-refractivity contribution in [1.82, 2.24) is 10.2 Å². The van der Waals surface area contributed by atoms with Crippen LogP contribution in [-0.2, 0) is 4.74 Å². The highest BCUT2D eigenvalue weighted by molar-refractivity contribution is 4.85. The molecule has 1 fully saturated rings. The maximum absolute atomic E-state index is 5.13. The highest BCUT2D eigenvalue weighted by atomic mass is 16.5. The Morgan fingerprint density at radius 2 is 2.21 bits per heavy atom. The van der Waals surface area contributed by atoms with E-state index in [4.69, 9.17) is 4.74 Å². The molecular formula is C11H24N2O. The Balaban J connectivity index is 2.30. The van der Waals surface area contributed by atoms with Gasteiger partial charge < -0.3 is 10.1 Å². The summed E-state index contributed by atoms with van der Waals surface area (Å²) in [7, 11) is 3.84. The van der Waals surface area contributed by atoms with Crippen LogP contribution in [-0.4, -0.2) is 50.8 Å². The molecule has 1 rings (SSSR count). The van der Waals surface area contributed by atoms with Crippen molar-refractivity contribution < 1.29 is 4.74 Å². The number of nitrogens with one attached hydrogen (secondary N) is 1. The Labute approximate surface area is 87.8 Å². The highest BCUT2D eigenvalue weighted by Gasteiger charge is 2.27. The van der Waals surface area contributed by atoms with Gasteiger partial charge in [-0.2, -0.15) is 0 Å². The zero-order valence-electron chi connectivity index (χ0n) is 9.75. The number of nitrogens with zero attached hydrogens (tertiary/aromatic N) is 1. The van der Waals surface area contributed by atoms with E-state index in [0.29, 0.717) is 0 Å². The van der Waals surface area contributed by atoms with Crippen molar-refractivity contribution in [1.29, 1.82) is 0 Å². The summed E-state index contributed by atoms with van der Waals surface area (Å²) in [5.74, 6) is 0. The van der Waals surface area contributed by atoms with Crippen LogP contribution in [0.3, 0.4) is 0 Å². The second-order valence-electron chi connectivity index (χ2n) is 4.07. The van der Waals surface area contributed by atoms with E-state index in [0.717, 1.165) is 31.8 Å². The highest BCUT2D eigenvalue weighted by Crippen LogP contribution is 2.23. The van der Waals surface area contributed by atoms with Gasteiger partial charge in [0.2, 0.25) is 0 Å². The van der Waals surface area contributed by atoms with Gasteiger partial charge in [0.15, 0.2) is 0 Å². The van der Waals surface area contributed by atoms with Gasteiger partial charge >= 0.3 is 0 Å². The van der Waals surface area contributed by atoms with Crippen molar-refractivity contribution in [2.75, 3.05) is 33.9 Å². The Hall–Kier alpha value is -0.120. The largest absolute Gasteiger partial charge is 0.383 e. The fourth-order valence-electron chi connectivity index (χ4n) is 2.36. The fraction of sp³-hybridized carbons (Fsp3) is 1.00. The molecule has 0 aromatic rings. The molecule has 0 amide bonds. The summed E-state index contributed by atoms with van der Waals surface area (Å²) in [6.45, 7) is 5.31. The third kappa shape index (κ3) is 3.23. The van der Waals surface area contributed by atoms with Gasteiger partial charge in [-0.05, 0) is 32.9 Å². The predicted octanol–water partition coefficient (Wildman–Crippen LogP) is 1.10. The van der Waals surface area contributed by atoms with Gasteiger partial charge in [-0.1, -0.05) is 6.92 Å². The second-order valence-corrected chi connectivity index (χ2v) is 4.07. The summed E-state index contributed by atoms with van der Waals surface area (Å²) in [6, 6.07) is 1.50. The first-order valence-corrected chi connectivity index (χ1v) is 5.72. The first-order valence-electron chi connectivity index (χ1n) is 5.72. The van der Waals surface area contributed by atoms with Crippen LogP contribution in [0.2, 0.25) is 0 Å². The summed E-state index contributed by atoms with van der Waals surface area (Å²) in [6.07, 6.45) is 3.96. The lowest BCUT2D eigenvalue weighted by Crippen LogP contribution is -2.37. The Kier molecular flexibility index (Phi) is 5.45. The fourth-order valence-corrected chi connectivity index (χ4v) is 2.36. The van der Waals surface area contributed by atoms with Crippen LogP contribution in [0.25, 0.3) is 0 Å². The summed E-state index contributed by atoms with van der Waals surface area (Å²) < 4.78 is 5.13. The SMILES string of the molecule is CCN(CCOC)C1CCC(NC)C1. The van der Waals surface area contributed by atoms with Crippen LogP contribution in [0.1, 0.15) is 26.2 Å². The van der Waals surface area contributed by atoms with Crippen molar-refractivity contribution in [2.24, 2.45) is 0 Å². The van der Waals surface area contributed by atoms with E-state index >= 15 is 0 Å².